The Kier molecular flexibility index (Phi) is 7.49. The van der Waals surface area contributed by atoms with E-state index in [9.17, 15) is 13.2 Å². The summed E-state index contributed by atoms with van der Waals surface area (Å²) >= 11 is 6.14. The number of rotatable bonds is 7. The standard InChI is InChI=1S/C23H30ClN3O3S/c1-18-6-10-21(11-7-18)27(31(3,29)30)12-4-5-23(28)26-15-13-25(14-16-26)22-17-20(24)9-8-19(22)2/h6-11,17H,4-5,12-16H2,1-3H3. The molecule has 6 nitrogen and oxygen atoms in total. The van der Waals surface area contributed by atoms with Crippen LogP contribution in [0.15, 0.2) is 42.5 Å². The van der Waals surface area contributed by atoms with Crippen molar-refractivity contribution in [1.82, 2.24) is 4.90 Å². The third-order valence-corrected chi connectivity index (χ3v) is 7.05. The topological polar surface area (TPSA) is 60.9 Å². The van der Waals surface area contributed by atoms with Gasteiger partial charge in [0.2, 0.25) is 15.9 Å². The predicted octanol–water partition coefficient (Wildman–Crippen LogP) is 3.85. The lowest BCUT2D eigenvalue weighted by atomic mass is 10.1. The molecule has 0 radical (unpaired) electrons. The van der Waals surface area contributed by atoms with Gasteiger partial charge in [0.25, 0.3) is 0 Å². The monoisotopic (exact) mass is 463 g/mol. The first-order valence-corrected chi connectivity index (χ1v) is 12.7. The number of halogens is 1. The van der Waals surface area contributed by atoms with Crippen LogP contribution in [0.5, 0.6) is 0 Å². The largest absolute Gasteiger partial charge is 0.368 e. The van der Waals surface area contributed by atoms with E-state index in [1.54, 1.807) is 12.1 Å². The molecule has 0 atom stereocenters. The van der Waals surface area contributed by atoms with Crippen LogP contribution >= 0.6 is 11.6 Å². The molecule has 1 saturated heterocycles. The van der Waals surface area contributed by atoms with Crippen molar-refractivity contribution < 1.29 is 13.2 Å². The number of piperazine rings is 1. The van der Waals surface area contributed by atoms with Crippen molar-refractivity contribution in [1.29, 1.82) is 0 Å². The summed E-state index contributed by atoms with van der Waals surface area (Å²) in [7, 11) is -3.41. The SMILES string of the molecule is Cc1ccc(N(CCCC(=O)N2CCN(c3cc(Cl)ccc3C)CC2)S(C)(=O)=O)cc1. The van der Waals surface area contributed by atoms with Crippen LogP contribution in [0.4, 0.5) is 11.4 Å². The molecule has 1 aliphatic rings. The summed E-state index contributed by atoms with van der Waals surface area (Å²) in [6.07, 6.45) is 2.01. The molecule has 0 N–H and O–H groups in total. The summed E-state index contributed by atoms with van der Waals surface area (Å²) in [6.45, 7) is 7.12. The number of nitrogens with zero attached hydrogens (tertiary/aromatic N) is 3. The molecule has 31 heavy (non-hydrogen) atoms. The van der Waals surface area contributed by atoms with Crippen LogP contribution < -0.4 is 9.21 Å². The predicted molar refractivity (Wildman–Crippen MR) is 128 cm³/mol. The van der Waals surface area contributed by atoms with Gasteiger partial charge in [-0.2, -0.15) is 0 Å². The smallest absolute Gasteiger partial charge is 0.232 e. The molecule has 0 spiro atoms. The van der Waals surface area contributed by atoms with Crippen LogP contribution in [0.25, 0.3) is 0 Å². The van der Waals surface area contributed by atoms with Crippen LogP contribution in [0.3, 0.4) is 0 Å². The highest BCUT2D eigenvalue weighted by atomic mass is 35.5. The van der Waals surface area contributed by atoms with Gasteiger partial charge in [0, 0.05) is 49.9 Å². The van der Waals surface area contributed by atoms with Gasteiger partial charge < -0.3 is 9.80 Å². The molecule has 0 bridgehead atoms. The van der Waals surface area contributed by atoms with E-state index in [0.717, 1.165) is 24.3 Å². The van der Waals surface area contributed by atoms with E-state index >= 15 is 0 Å². The summed E-state index contributed by atoms with van der Waals surface area (Å²) in [5, 5.41) is 0.711. The minimum atomic E-state index is -3.41. The normalized spacial score (nSPS) is 14.6. The number of carbonyl (C=O) groups is 1. The highest BCUT2D eigenvalue weighted by molar-refractivity contribution is 7.92. The maximum Gasteiger partial charge on any atom is 0.232 e. The lowest BCUT2D eigenvalue weighted by Crippen LogP contribution is -2.49. The van der Waals surface area contributed by atoms with Crippen LogP contribution in [-0.4, -0.2) is 58.2 Å². The summed E-state index contributed by atoms with van der Waals surface area (Å²) in [6, 6.07) is 13.2. The summed E-state index contributed by atoms with van der Waals surface area (Å²) < 4.78 is 25.8. The van der Waals surface area contributed by atoms with Crippen molar-refractivity contribution in [2.24, 2.45) is 0 Å². The molecule has 1 heterocycles. The van der Waals surface area contributed by atoms with Crippen LogP contribution in [0, 0.1) is 13.8 Å². The van der Waals surface area contributed by atoms with Gasteiger partial charge in [-0.1, -0.05) is 35.4 Å². The lowest BCUT2D eigenvalue weighted by molar-refractivity contribution is -0.131. The van der Waals surface area contributed by atoms with Gasteiger partial charge in [-0.05, 0) is 50.1 Å². The molecule has 1 aliphatic heterocycles. The summed E-state index contributed by atoms with van der Waals surface area (Å²) in [5.74, 6) is 0.0693. The molecular weight excluding hydrogens is 434 g/mol. The average molecular weight is 464 g/mol. The van der Waals surface area contributed by atoms with Crippen molar-refractivity contribution in [3.05, 3.63) is 58.6 Å². The molecule has 1 fully saturated rings. The van der Waals surface area contributed by atoms with E-state index in [0.29, 0.717) is 36.6 Å². The molecule has 168 valence electrons. The number of hydrogen-bond acceptors (Lipinski definition) is 4. The second-order valence-electron chi connectivity index (χ2n) is 8.07. The Bertz CT molecular complexity index is 1020. The molecule has 0 saturated carbocycles. The molecule has 0 aromatic heterocycles. The second-order valence-corrected chi connectivity index (χ2v) is 10.4. The van der Waals surface area contributed by atoms with Gasteiger partial charge in [0.05, 0.1) is 11.9 Å². The molecule has 8 heteroatoms. The van der Waals surface area contributed by atoms with Gasteiger partial charge in [-0.15, -0.1) is 0 Å². The highest BCUT2D eigenvalue weighted by Crippen LogP contribution is 2.25. The molecule has 0 unspecified atom stereocenters. The Labute approximate surface area is 190 Å². The summed E-state index contributed by atoms with van der Waals surface area (Å²) in [4.78, 5) is 16.8. The average Bonchev–Trinajstić information content (AvgIpc) is 2.73. The first-order chi connectivity index (χ1) is 14.6. The number of anilines is 2. The van der Waals surface area contributed by atoms with E-state index in [-0.39, 0.29) is 12.5 Å². The fraction of sp³-hybridized carbons (Fsp3) is 0.435. The molecule has 0 aliphatic carbocycles. The van der Waals surface area contributed by atoms with Crippen molar-refractivity contribution in [2.45, 2.75) is 26.7 Å². The third-order valence-electron chi connectivity index (χ3n) is 5.62. The zero-order valence-electron chi connectivity index (χ0n) is 18.3. The number of sulfonamides is 1. The van der Waals surface area contributed by atoms with Gasteiger partial charge in [0.1, 0.15) is 0 Å². The number of hydrogen-bond donors (Lipinski definition) is 0. The fourth-order valence-electron chi connectivity index (χ4n) is 3.85. The second kappa shape index (κ2) is 9.92. The van der Waals surface area contributed by atoms with Crippen molar-refractivity contribution in [2.75, 3.05) is 48.2 Å². The Morgan fingerprint density at radius 3 is 2.29 bits per heavy atom. The highest BCUT2D eigenvalue weighted by Gasteiger charge is 2.23. The minimum Gasteiger partial charge on any atom is -0.368 e. The van der Waals surface area contributed by atoms with Gasteiger partial charge in [-0.25, -0.2) is 8.42 Å². The van der Waals surface area contributed by atoms with Crippen molar-refractivity contribution >= 4 is 38.9 Å². The summed E-state index contributed by atoms with van der Waals surface area (Å²) in [5.41, 5.74) is 3.98. The molecule has 3 rings (SSSR count). The van der Waals surface area contributed by atoms with Crippen LogP contribution in [0.1, 0.15) is 24.0 Å². The van der Waals surface area contributed by atoms with Gasteiger partial charge in [0.15, 0.2) is 0 Å². The van der Waals surface area contributed by atoms with E-state index in [4.69, 9.17) is 11.6 Å². The van der Waals surface area contributed by atoms with Crippen LogP contribution in [0.2, 0.25) is 5.02 Å². The quantitative estimate of drug-likeness (QED) is 0.625. The maximum absolute atomic E-state index is 12.7. The Hall–Kier alpha value is -2.25. The number of carbonyl (C=O) groups excluding carboxylic acids is 1. The first kappa shape index (κ1) is 23.4. The Morgan fingerprint density at radius 1 is 1.03 bits per heavy atom. The maximum atomic E-state index is 12.7. The molecule has 2 aromatic rings. The number of amides is 1. The van der Waals surface area contributed by atoms with Gasteiger partial charge >= 0.3 is 0 Å². The Balaban J connectivity index is 1.53. The molecular formula is C23H30ClN3O3S. The lowest BCUT2D eigenvalue weighted by Gasteiger charge is -2.37. The van der Waals surface area contributed by atoms with E-state index in [1.807, 2.05) is 42.2 Å². The van der Waals surface area contributed by atoms with E-state index in [1.165, 1.54) is 16.1 Å². The zero-order valence-corrected chi connectivity index (χ0v) is 19.9. The van der Waals surface area contributed by atoms with Crippen molar-refractivity contribution in [3.8, 4) is 0 Å². The number of aryl methyl sites for hydroxylation is 2. The molecule has 1 amide bonds. The Morgan fingerprint density at radius 2 is 1.68 bits per heavy atom. The van der Waals surface area contributed by atoms with Crippen molar-refractivity contribution in [3.63, 3.8) is 0 Å². The number of benzene rings is 2. The fourth-order valence-corrected chi connectivity index (χ4v) is 4.98. The zero-order chi connectivity index (χ0) is 22.6. The van der Waals surface area contributed by atoms with E-state index < -0.39 is 10.0 Å². The van der Waals surface area contributed by atoms with E-state index in [2.05, 4.69) is 11.8 Å². The minimum absolute atomic E-state index is 0.0693. The van der Waals surface area contributed by atoms with Crippen LogP contribution in [-0.2, 0) is 14.8 Å². The van der Waals surface area contributed by atoms with Gasteiger partial charge in [-0.3, -0.25) is 9.10 Å². The molecule has 2 aromatic carbocycles. The third kappa shape index (κ3) is 6.14. The first-order valence-electron chi connectivity index (χ1n) is 10.5.